The van der Waals surface area contributed by atoms with Crippen molar-refractivity contribution in [3.8, 4) is 11.8 Å². The first-order chi connectivity index (χ1) is 13.2. The number of carbonyl (C=O) groups is 1. The summed E-state index contributed by atoms with van der Waals surface area (Å²) < 4.78 is 5.37. The Hall–Kier alpha value is -3.32. The van der Waals surface area contributed by atoms with E-state index in [-0.39, 0.29) is 11.8 Å². The van der Waals surface area contributed by atoms with E-state index in [1.807, 2.05) is 53.4 Å². The Balaban J connectivity index is 1.62. The molecule has 0 N–H and O–H groups in total. The number of nitriles is 1. The van der Waals surface area contributed by atoms with Gasteiger partial charge in [0.15, 0.2) is 0 Å². The molecule has 4 rings (SSSR count). The molecule has 0 bridgehead atoms. The van der Waals surface area contributed by atoms with E-state index in [4.69, 9.17) is 10.00 Å². The van der Waals surface area contributed by atoms with Gasteiger partial charge in [-0.25, -0.2) is 0 Å². The Kier molecular flexibility index (Phi) is 4.52. The Bertz CT molecular complexity index is 1050. The van der Waals surface area contributed by atoms with Crippen LogP contribution in [0.4, 0.5) is 0 Å². The minimum Gasteiger partial charge on any atom is -0.497 e. The van der Waals surface area contributed by atoms with Crippen LogP contribution in [0.15, 0.2) is 60.7 Å². The third-order valence-electron chi connectivity index (χ3n) is 5.23. The van der Waals surface area contributed by atoms with Gasteiger partial charge in [0.25, 0.3) is 0 Å². The van der Waals surface area contributed by atoms with Gasteiger partial charge >= 0.3 is 0 Å². The van der Waals surface area contributed by atoms with E-state index in [0.29, 0.717) is 12.1 Å². The summed E-state index contributed by atoms with van der Waals surface area (Å²) in [6, 6.07) is 21.7. The first-order valence-corrected chi connectivity index (χ1v) is 9.04. The zero-order valence-corrected chi connectivity index (χ0v) is 15.2. The largest absolute Gasteiger partial charge is 0.497 e. The molecule has 1 amide bonds. The summed E-state index contributed by atoms with van der Waals surface area (Å²) in [6.45, 7) is 1.26. The van der Waals surface area contributed by atoms with Gasteiger partial charge in [0.1, 0.15) is 5.75 Å². The van der Waals surface area contributed by atoms with E-state index in [9.17, 15) is 4.79 Å². The molecule has 1 aliphatic rings. The predicted octanol–water partition coefficient (Wildman–Crippen LogP) is 4.24. The molecule has 0 unspecified atom stereocenters. The van der Waals surface area contributed by atoms with Gasteiger partial charge in [-0.1, -0.05) is 36.4 Å². The second kappa shape index (κ2) is 7.13. The van der Waals surface area contributed by atoms with Gasteiger partial charge in [0.05, 0.1) is 24.7 Å². The van der Waals surface area contributed by atoms with Gasteiger partial charge < -0.3 is 9.64 Å². The summed E-state index contributed by atoms with van der Waals surface area (Å²) in [7, 11) is 1.65. The standard InChI is InChI=1S/C23H20N2O2/c1-27-19-9-8-18-6-3-7-20(22(18)13-19)21-10-11-25(23(21)26)15-17-5-2-4-16(12-17)14-24/h2-9,12-13,21H,10-11,15H2,1H3/t21-/m0/s1. The summed E-state index contributed by atoms with van der Waals surface area (Å²) in [5, 5.41) is 11.3. The SMILES string of the molecule is COc1ccc2cccc([C@@H]3CCN(Cc4cccc(C#N)c4)C3=O)c2c1. The average Bonchev–Trinajstić information content (AvgIpc) is 3.07. The fraction of sp³-hybridized carbons (Fsp3) is 0.217. The Labute approximate surface area is 158 Å². The smallest absolute Gasteiger partial charge is 0.230 e. The molecule has 1 fully saturated rings. The zero-order chi connectivity index (χ0) is 18.8. The number of carbonyl (C=O) groups excluding carboxylic acids is 1. The maximum Gasteiger partial charge on any atom is 0.230 e. The minimum absolute atomic E-state index is 0.139. The fourth-order valence-corrected chi connectivity index (χ4v) is 3.85. The van der Waals surface area contributed by atoms with Crippen LogP contribution in [0, 0.1) is 11.3 Å². The van der Waals surface area contributed by atoms with Crippen LogP contribution in [0.1, 0.15) is 29.0 Å². The van der Waals surface area contributed by atoms with E-state index in [1.54, 1.807) is 13.2 Å². The van der Waals surface area contributed by atoms with Crippen molar-refractivity contribution >= 4 is 16.7 Å². The number of hydrogen-bond acceptors (Lipinski definition) is 3. The van der Waals surface area contributed by atoms with E-state index < -0.39 is 0 Å². The molecular weight excluding hydrogens is 336 g/mol. The maximum atomic E-state index is 13.1. The van der Waals surface area contributed by atoms with Gasteiger partial charge in [-0.2, -0.15) is 5.26 Å². The molecule has 4 nitrogen and oxygen atoms in total. The summed E-state index contributed by atoms with van der Waals surface area (Å²) in [4.78, 5) is 15.0. The highest BCUT2D eigenvalue weighted by Crippen LogP contribution is 2.35. The maximum absolute atomic E-state index is 13.1. The number of nitrogens with zero attached hydrogens (tertiary/aromatic N) is 2. The lowest BCUT2D eigenvalue weighted by molar-refractivity contribution is -0.129. The molecule has 1 heterocycles. The van der Waals surface area contributed by atoms with Crippen molar-refractivity contribution in [2.45, 2.75) is 18.9 Å². The van der Waals surface area contributed by atoms with Crippen molar-refractivity contribution in [3.63, 3.8) is 0 Å². The molecule has 134 valence electrons. The molecule has 1 atom stereocenters. The molecule has 4 heteroatoms. The molecule has 0 saturated carbocycles. The highest BCUT2D eigenvalue weighted by Gasteiger charge is 2.33. The molecule has 3 aromatic carbocycles. The van der Waals surface area contributed by atoms with E-state index >= 15 is 0 Å². The number of fused-ring (bicyclic) bond motifs is 1. The van der Waals surface area contributed by atoms with Crippen molar-refractivity contribution in [2.75, 3.05) is 13.7 Å². The topological polar surface area (TPSA) is 53.3 Å². The number of likely N-dealkylation sites (tertiary alicyclic amines) is 1. The van der Waals surface area contributed by atoms with Crippen molar-refractivity contribution in [3.05, 3.63) is 77.4 Å². The van der Waals surface area contributed by atoms with Gasteiger partial charge in [-0.05, 0) is 52.6 Å². The highest BCUT2D eigenvalue weighted by molar-refractivity contribution is 5.94. The van der Waals surface area contributed by atoms with E-state index in [1.165, 1.54) is 0 Å². The van der Waals surface area contributed by atoms with Crippen LogP contribution in [0.25, 0.3) is 10.8 Å². The van der Waals surface area contributed by atoms with Crippen LogP contribution in [-0.4, -0.2) is 24.5 Å². The van der Waals surface area contributed by atoms with E-state index in [0.717, 1.165) is 40.6 Å². The molecule has 0 spiro atoms. The number of hydrogen-bond donors (Lipinski definition) is 0. The van der Waals surface area contributed by atoms with Crippen molar-refractivity contribution < 1.29 is 9.53 Å². The number of ether oxygens (including phenoxy) is 1. The lowest BCUT2D eigenvalue weighted by Crippen LogP contribution is -2.26. The molecule has 0 aliphatic carbocycles. The fourth-order valence-electron chi connectivity index (χ4n) is 3.85. The van der Waals surface area contributed by atoms with E-state index in [2.05, 4.69) is 12.1 Å². The van der Waals surface area contributed by atoms with Gasteiger partial charge in [-0.3, -0.25) is 4.79 Å². The van der Waals surface area contributed by atoms with Crippen molar-refractivity contribution in [1.29, 1.82) is 5.26 Å². The number of amides is 1. The van der Waals surface area contributed by atoms with Gasteiger partial charge in [0, 0.05) is 13.1 Å². The summed E-state index contributed by atoms with van der Waals surface area (Å²) in [6.07, 6.45) is 0.799. The molecule has 3 aromatic rings. The van der Waals surface area contributed by atoms with Crippen LogP contribution < -0.4 is 4.74 Å². The number of methoxy groups -OCH3 is 1. The first kappa shape index (κ1) is 17.1. The predicted molar refractivity (Wildman–Crippen MR) is 104 cm³/mol. The lowest BCUT2D eigenvalue weighted by atomic mass is 9.92. The third-order valence-corrected chi connectivity index (χ3v) is 5.23. The quantitative estimate of drug-likeness (QED) is 0.703. The molecule has 0 aromatic heterocycles. The third kappa shape index (κ3) is 3.24. The first-order valence-electron chi connectivity index (χ1n) is 9.04. The van der Waals surface area contributed by atoms with Gasteiger partial charge in [0.2, 0.25) is 5.91 Å². The van der Waals surface area contributed by atoms with Crippen LogP contribution in [0.5, 0.6) is 5.75 Å². The Morgan fingerprint density at radius 2 is 2.00 bits per heavy atom. The zero-order valence-electron chi connectivity index (χ0n) is 15.2. The van der Waals surface area contributed by atoms with Crippen molar-refractivity contribution in [1.82, 2.24) is 4.90 Å². The van der Waals surface area contributed by atoms with Gasteiger partial charge in [-0.15, -0.1) is 0 Å². The molecule has 1 aliphatic heterocycles. The molecule has 1 saturated heterocycles. The molecular formula is C23H20N2O2. The average molecular weight is 356 g/mol. The van der Waals surface area contributed by atoms with Crippen molar-refractivity contribution in [2.24, 2.45) is 0 Å². The highest BCUT2D eigenvalue weighted by atomic mass is 16.5. The minimum atomic E-state index is -0.139. The second-order valence-electron chi connectivity index (χ2n) is 6.85. The van der Waals surface area contributed by atoms with Crippen LogP contribution in [-0.2, 0) is 11.3 Å². The number of rotatable bonds is 4. The number of benzene rings is 3. The Morgan fingerprint density at radius 1 is 1.15 bits per heavy atom. The Morgan fingerprint density at radius 3 is 2.81 bits per heavy atom. The summed E-state index contributed by atoms with van der Waals surface area (Å²) in [5.74, 6) is 0.804. The van der Waals surface area contributed by atoms with Crippen LogP contribution in [0.3, 0.4) is 0 Å². The molecule has 0 radical (unpaired) electrons. The summed E-state index contributed by atoms with van der Waals surface area (Å²) in [5.41, 5.74) is 2.67. The second-order valence-corrected chi connectivity index (χ2v) is 6.85. The molecule has 27 heavy (non-hydrogen) atoms. The van der Waals surface area contributed by atoms with Crippen LogP contribution >= 0.6 is 0 Å². The summed E-state index contributed by atoms with van der Waals surface area (Å²) >= 11 is 0. The lowest BCUT2D eigenvalue weighted by Gasteiger charge is -2.18. The van der Waals surface area contributed by atoms with Crippen LogP contribution in [0.2, 0.25) is 0 Å². The normalized spacial score (nSPS) is 16.5. The monoisotopic (exact) mass is 356 g/mol.